The number of rotatable bonds is 2. The Balaban J connectivity index is 3.00. The normalized spacial score (nSPS) is 11.6. The molecule has 0 amide bonds. The van der Waals surface area contributed by atoms with Crippen molar-refractivity contribution < 1.29 is 8.78 Å². The van der Waals surface area contributed by atoms with E-state index in [0.717, 1.165) is 6.07 Å². The summed E-state index contributed by atoms with van der Waals surface area (Å²) in [6, 6.07) is 2.95. The van der Waals surface area contributed by atoms with Crippen LogP contribution in [0.1, 0.15) is 30.3 Å². The second-order valence-electron chi connectivity index (χ2n) is 4.33. The van der Waals surface area contributed by atoms with E-state index in [-0.39, 0.29) is 26.5 Å². The number of alkyl halides is 2. The highest BCUT2D eigenvalue weighted by atomic mass is 79.9. The second-order valence-corrected chi connectivity index (χ2v) is 5.12. The van der Waals surface area contributed by atoms with Crippen LogP contribution in [-0.4, -0.2) is 9.97 Å². The van der Waals surface area contributed by atoms with E-state index in [4.69, 9.17) is 5.26 Å². The van der Waals surface area contributed by atoms with E-state index in [1.807, 2.05) is 0 Å². The Morgan fingerprint density at radius 1 is 1.55 bits per heavy atom. The highest BCUT2D eigenvalue weighted by molar-refractivity contribution is 9.10. The quantitative estimate of drug-likeness (QED) is 0.910. The van der Waals surface area contributed by atoms with Crippen molar-refractivity contribution >= 4 is 26.8 Å². The van der Waals surface area contributed by atoms with Gasteiger partial charge in [-0.1, -0.05) is 6.92 Å². The largest absolute Gasteiger partial charge is 0.310 e. The molecular formula is C13H10BrF2N3O. The number of aromatic nitrogens is 2. The lowest BCUT2D eigenvalue weighted by Crippen LogP contribution is -2.17. The summed E-state index contributed by atoms with van der Waals surface area (Å²) in [5.41, 5.74) is -0.883. The molecule has 1 aromatic carbocycles. The summed E-state index contributed by atoms with van der Waals surface area (Å²) in [7, 11) is 0. The molecule has 4 nitrogen and oxygen atoms in total. The number of H-pyrrole nitrogens is 1. The minimum Gasteiger partial charge on any atom is -0.310 e. The van der Waals surface area contributed by atoms with Gasteiger partial charge < -0.3 is 4.98 Å². The molecule has 0 unspecified atom stereocenters. The van der Waals surface area contributed by atoms with E-state index in [1.54, 1.807) is 13.0 Å². The molecule has 7 heteroatoms. The Labute approximate surface area is 121 Å². The van der Waals surface area contributed by atoms with Crippen LogP contribution in [0.5, 0.6) is 0 Å². The summed E-state index contributed by atoms with van der Waals surface area (Å²) >= 11 is 3.01. The number of nitrogens with zero attached hydrogens (tertiary/aromatic N) is 2. The molecule has 0 aliphatic carbocycles. The van der Waals surface area contributed by atoms with Crippen molar-refractivity contribution in [2.45, 2.75) is 26.2 Å². The van der Waals surface area contributed by atoms with Crippen molar-refractivity contribution in [3.8, 4) is 6.07 Å². The minimum absolute atomic E-state index is 0.0145. The maximum absolute atomic E-state index is 13.9. The third kappa shape index (κ3) is 2.20. The summed E-state index contributed by atoms with van der Waals surface area (Å²) in [6.07, 6.45) is -0.413. The van der Waals surface area contributed by atoms with Gasteiger partial charge in [-0.15, -0.1) is 0 Å². The highest BCUT2D eigenvalue weighted by Crippen LogP contribution is 2.39. The van der Waals surface area contributed by atoms with E-state index in [0.29, 0.717) is 5.82 Å². The molecule has 0 atom stereocenters. The van der Waals surface area contributed by atoms with Crippen molar-refractivity contribution in [3.63, 3.8) is 0 Å². The Morgan fingerprint density at radius 2 is 2.20 bits per heavy atom. The standard InChI is InChI=1S/C13H10BrF2N3O/c1-3-13(15,16)8-4-9-10(7(5-17)11(8)14)12(20)19-6(2)18-9/h4H,3H2,1-2H3,(H,18,19,20). The number of nitrogens with one attached hydrogen (secondary N) is 1. The van der Waals surface area contributed by atoms with Crippen LogP contribution >= 0.6 is 15.9 Å². The monoisotopic (exact) mass is 341 g/mol. The fraction of sp³-hybridized carbons (Fsp3) is 0.308. The molecule has 0 radical (unpaired) electrons. The molecular weight excluding hydrogens is 332 g/mol. The lowest BCUT2D eigenvalue weighted by molar-refractivity contribution is -0.00892. The van der Waals surface area contributed by atoms with Crippen molar-refractivity contribution in [2.24, 2.45) is 0 Å². The number of aryl methyl sites for hydroxylation is 1. The SMILES string of the molecule is CCC(F)(F)c1cc2nc(C)[nH]c(=O)c2c(C#N)c1Br. The van der Waals surface area contributed by atoms with Crippen molar-refractivity contribution in [1.82, 2.24) is 9.97 Å². The third-order valence-corrected chi connectivity index (χ3v) is 3.83. The Morgan fingerprint density at radius 3 is 2.75 bits per heavy atom. The van der Waals surface area contributed by atoms with Crippen LogP contribution in [0.25, 0.3) is 10.9 Å². The number of fused-ring (bicyclic) bond motifs is 1. The molecule has 104 valence electrons. The zero-order valence-electron chi connectivity index (χ0n) is 10.7. The molecule has 2 aromatic rings. The molecule has 0 fully saturated rings. The number of nitriles is 1. The molecule has 0 saturated carbocycles. The number of halogens is 3. The number of hydrogen-bond donors (Lipinski definition) is 1. The average Bonchev–Trinajstić information content (AvgIpc) is 2.38. The van der Waals surface area contributed by atoms with Gasteiger partial charge in [0, 0.05) is 16.5 Å². The molecule has 0 spiro atoms. The molecule has 0 aliphatic rings. The third-order valence-electron chi connectivity index (χ3n) is 3.00. The van der Waals surface area contributed by atoms with Crippen LogP contribution in [0, 0.1) is 18.3 Å². The van der Waals surface area contributed by atoms with E-state index in [9.17, 15) is 13.6 Å². The smallest absolute Gasteiger partial charge is 0.274 e. The van der Waals surface area contributed by atoms with E-state index in [2.05, 4.69) is 25.9 Å². The van der Waals surface area contributed by atoms with Gasteiger partial charge in [0.15, 0.2) is 0 Å². The predicted molar refractivity (Wildman–Crippen MR) is 73.7 cm³/mol. The van der Waals surface area contributed by atoms with E-state index in [1.165, 1.54) is 6.92 Å². The summed E-state index contributed by atoms with van der Waals surface area (Å²) in [5, 5.41) is 9.18. The Bertz CT molecular complexity index is 793. The maximum Gasteiger partial charge on any atom is 0.274 e. The molecule has 0 saturated heterocycles. The number of aromatic amines is 1. The van der Waals surface area contributed by atoms with Crippen LogP contribution in [-0.2, 0) is 5.92 Å². The fourth-order valence-electron chi connectivity index (χ4n) is 1.96. The number of benzene rings is 1. The lowest BCUT2D eigenvalue weighted by Gasteiger charge is -2.17. The van der Waals surface area contributed by atoms with Gasteiger partial charge in [-0.25, -0.2) is 13.8 Å². The van der Waals surface area contributed by atoms with Crippen LogP contribution in [0.4, 0.5) is 8.78 Å². The first-order valence-electron chi connectivity index (χ1n) is 5.83. The van der Waals surface area contributed by atoms with Crippen LogP contribution in [0.3, 0.4) is 0 Å². The van der Waals surface area contributed by atoms with Crippen molar-refractivity contribution in [2.75, 3.05) is 0 Å². The van der Waals surface area contributed by atoms with Crippen LogP contribution in [0.2, 0.25) is 0 Å². The molecule has 20 heavy (non-hydrogen) atoms. The highest BCUT2D eigenvalue weighted by Gasteiger charge is 2.33. The molecule has 1 N–H and O–H groups in total. The predicted octanol–water partition coefficient (Wildman–Crippen LogP) is 3.37. The van der Waals surface area contributed by atoms with Gasteiger partial charge in [-0.3, -0.25) is 4.79 Å². The van der Waals surface area contributed by atoms with E-state index >= 15 is 0 Å². The summed E-state index contributed by atoms with van der Waals surface area (Å²) in [6.45, 7) is 2.89. The van der Waals surface area contributed by atoms with Gasteiger partial charge in [0.1, 0.15) is 11.9 Å². The minimum atomic E-state index is -3.10. The van der Waals surface area contributed by atoms with Gasteiger partial charge in [0.05, 0.1) is 16.5 Å². The topological polar surface area (TPSA) is 69.5 Å². The fourth-order valence-corrected chi connectivity index (χ4v) is 2.65. The van der Waals surface area contributed by atoms with Gasteiger partial charge in [-0.05, 0) is 28.9 Å². The molecule has 2 rings (SSSR count). The maximum atomic E-state index is 13.9. The zero-order chi connectivity index (χ0) is 15.1. The summed E-state index contributed by atoms with van der Waals surface area (Å²) < 4.78 is 27.8. The van der Waals surface area contributed by atoms with Gasteiger partial charge in [0.2, 0.25) is 0 Å². The van der Waals surface area contributed by atoms with Crippen molar-refractivity contribution in [3.05, 3.63) is 37.8 Å². The first kappa shape index (κ1) is 14.6. The zero-order valence-corrected chi connectivity index (χ0v) is 12.3. The van der Waals surface area contributed by atoms with Gasteiger partial charge in [-0.2, -0.15) is 5.26 Å². The Kier molecular flexibility index (Phi) is 3.61. The average molecular weight is 342 g/mol. The van der Waals surface area contributed by atoms with Crippen molar-refractivity contribution in [1.29, 1.82) is 5.26 Å². The number of hydrogen-bond acceptors (Lipinski definition) is 3. The first-order valence-corrected chi connectivity index (χ1v) is 6.62. The molecule has 1 heterocycles. The summed E-state index contributed by atoms with van der Waals surface area (Å²) in [5.74, 6) is -2.80. The molecule has 1 aromatic heterocycles. The van der Waals surface area contributed by atoms with Gasteiger partial charge in [0.25, 0.3) is 11.5 Å². The first-order chi connectivity index (χ1) is 9.31. The molecule has 0 bridgehead atoms. The summed E-state index contributed by atoms with van der Waals surface area (Å²) in [4.78, 5) is 18.4. The van der Waals surface area contributed by atoms with E-state index < -0.39 is 17.9 Å². The second kappa shape index (κ2) is 4.94. The van der Waals surface area contributed by atoms with Gasteiger partial charge >= 0.3 is 0 Å². The molecule has 0 aliphatic heterocycles. The van der Waals surface area contributed by atoms with Crippen LogP contribution in [0.15, 0.2) is 15.3 Å². The lowest BCUT2D eigenvalue weighted by atomic mass is 10.00. The Hall–Kier alpha value is -1.81. The van der Waals surface area contributed by atoms with Crippen LogP contribution < -0.4 is 5.56 Å².